The average molecular weight is 285 g/mol. The second-order valence-corrected chi connectivity index (χ2v) is 6.89. The lowest BCUT2D eigenvalue weighted by atomic mass is 9.94. The predicted octanol–water partition coefficient (Wildman–Crippen LogP) is 1.02. The number of carboxylic acid groups (broad SMARTS) is 1. The summed E-state index contributed by atoms with van der Waals surface area (Å²) in [6.45, 7) is 0. The van der Waals surface area contributed by atoms with Crippen LogP contribution in [0, 0.1) is 5.92 Å². The molecule has 0 aromatic heterocycles. The number of rotatable bonds is 3. The van der Waals surface area contributed by atoms with Gasteiger partial charge in [0.2, 0.25) is 5.91 Å². The van der Waals surface area contributed by atoms with Crippen molar-refractivity contribution in [1.29, 1.82) is 0 Å². The van der Waals surface area contributed by atoms with Gasteiger partial charge in [-0.3, -0.25) is 9.59 Å². The number of hydrogen-bond acceptors (Lipinski definition) is 4. The third kappa shape index (κ3) is 2.74. The summed E-state index contributed by atoms with van der Waals surface area (Å²) in [6, 6.07) is -0.00211. The summed E-state index contributed by atoms with van der Waals surface area (Å²) in [4.78, 5) is 23.2. The molecular formula is C13H19NO4S. The van der Waals surface area contributed by atoms with Gasteiger partial charge in [-0.25, -0.2) is 0 Å². The highest BCUT2D eigenvalue weighted by atomic mass is 32.2. The summed E-state index contributed by atoms with van der Waals surface area (Å²) in [5.41, 5.74) is 0. The second kappa shape index (κ2) is 5.32. The minimum atomic E-state index is -0.776. The van der Waals surface area contributed by atoms with E-state index >= 15 is 0 Å². The van der Waals surface area contributed by atoms with Gasteiger partial charge in [-0.05, 0) is 32.1 Å². The number of hydrogen-bond donors (Lipinski definition) is 2. The highest BCUT2D eigenvalue weighted by Gasteiger charge is 2.41. The van der Waals surface area contributed by atoms with Crippen molar-refractivity contribution >= 4 is 23.6 Å². The largest absolute Gasteiger partial charge is 0.480 e. The van der Waals surface area contributed by atoms with Crippen molar-refractivity contribution in [1.82, 2.24) is 5.32 Å². The van der Waals surface area contributed by atoms with E-state index in [9.17, 15) is 9.59 Å². The SMILES string of the molecule is O=C(O)[C@@H]1C[C@H](NC(=O)[C@@H]2CC[C@H]3CC[C@H]2O3)CS1. The van der Waals surface area contributed by atoms with Crippen LogP contribution >= 0.6 is 11.8 Å². The Balaban J connectivity index is 1.53. The molecule has 3 rings (SSSR count). The van der Waals surface area contributed by atoms with Crippen molar-refractivity contribution in [2.75, 3.05) is 5.75 Å². The molecule has 6 heteroatoms. The van der Waals surface area contributed by atoms with Gasteiger partial charge in [-0.15, -0.1) is 11.8 Å². The summed E-state index contributed by atoms with van der Waals surface area (Å²) in [5, 5.41) is 11.6. The van der Waals surface area contributed by atoms with Crippen LogP contribution < -0.4 is 5.32 Å². The van der Waals surface area contributed by atoms with Crippen molar-refractivity contribution < 1.29 is 19.4 Å². The molecule has 3 heterocycles. The van der Waals surface area contributed by atoms with Gasteiger partial charge in [0.25, 0.3) is 0 Å². The van der Waals surface area contributed by atoms with E-state index in [2.05, 4.69) is 5.32 Å². The Kier molecular flexibility index (Phi) is 3.71. The van der Waals surface area contributed by atoms with Gasteiger partial charge in [0, 0.05) is 11.8 Å². The van der Waals surface area contributed by atoms with Crippen molar-refractivity contribution in [3.05, 3.63) is 0 Å². The zero-order valence-corrected chi connectivity index (χ0v) is 11.5. The lowest BCUT2D eigenvalue weighted by molar-refractivity contribution is -0.137. The molecule has 3 fully saturated rings. The summed E-state index contributed by atoms with van der Waals surface area (Å²) >= 11 is 1.42. The molecule has 106 valence electrons. The van der Waals surface area contributed by atoms with Crippen molar-refractivity contribution in [2.45, 2.75) is 55.6 Å². The highest BCUT2D eigenvalue weighted by molar-refractivity contribution is 8.00. The normalized spacial score (nSPS) is 41.2. The Morgan fingerprint density at radius 2 is 2.00 bits per heavy atom. The van der Waals surface area contributed by atoms with Crippen LogP contribution in [0.5, 0.6) is 0 Å². The van der Waals surface area contributed by atoms with Crippen LogP contribution in [0.3, 0.4) is 0 Å². The Bertz CT molecular complexity index is 389. The monoisotopic (exact) mass is 285 g/mol. The topological polar surface area (TPSA) is 75.6 Å². The fourth-order valence-electron chi connectivity index (χ4n) is 3.30. The molecule has 19 heavy (non-hydrogen) atoms. The molecule has 5 nitrogen and oxygen atoms in total. The van der Waals surface area contributed by atoms with Gasteiger partial charge in [-0.1, -0.05) is 0 Å². The Morgan fingerprint density at radius 3 is 2.74 bits per heavy atom. The predicted molar refractivity (Wildman–Crippen MR) is 71.0 cm³/mol. The van der Waals surface area contributed by atoms with Crippen LogP contribution in [-0.2, 0) is 14.3 Å². The number of nitrogens with one attached hydrogen (secondary N) is 1. The van der Waals surface area contributed by atoms with Crippen LogP contribution in [0.1, 0.15) is 32.1 Å². The van der Waals surface area contributed by atoms with Crippen LogP contribution in [0.2, 0.25) is 0 Å². The van der Waals surface area contributed by atoms with Gasteiger partial charge in [0.15, 0.2) is 0 Å². The minimum absolute atomic E-state index is 0.00211. The van der Waals surface area contributed by atoms with Crippen LogP contribution in [0.4, 0.5) is 0 Å². The molecule has 2 N–H and O–H groups in total. The Labute approximate surface area is 116 Å². The molecule has 0 aromatic rings. The first-order valence-electron chi connectivity index (χ1n) is 6.93. The standard InChI is InChI=1S/C13H19NO4S/c15-12(9-3-1-8-2-4-10(9)18-8)14-7-5-11(13(16)17)19-6-7/h7-11H,1-6H2,(H,14,15)(H,16,17)/t7-,8-,9+,10+,11-/m0/s1. The molecule has 0 saturated carbocycles. The quantitative estimate of drug-likeness (QED) is 0.809. The molecule has 0 aliphatic carbocycles. The van der Waals surface area contributed by atoms with E-state index in [4.69, 9.17) is 9.84 Å². The number of amides is 1. The van der Waals surface area contributed by atoms with Crippen LogP contribution in [0.15, 0.2) is 0 Å². The summed E-state index contributed by atoms with van der Waals surface area (Å²) in [6.07, 6.45) is 4.94. The second-order valence-electron chi connectivity index (χ2n) is 5.66. The zero-order valence-electron chi connectivity index (χ0n) is 10.7. The number of carbonyl (C=O) groups excluding carboxylic acids is 1. The number of carboxylic acids is 1. The molecule has 3 aliphatic rings. The maximum Gasteiger partial charge on any atom is 0.316 e. The molecule has 3 aliphatic heterocycles. The summed E-state index contributed by atoms with van der Waals surface area (Å²) in [5.74, 6) is -0.0557. The smallest absolute Gasteiger partial charge is 0.316 e. The van der Waals surface area contributed by atoms with Gasteiger partial charge >= 0.3 is 5.97 Å². The molecule has 3 saturated heterocycles. The van der Waals surface area contributed by atoms with E-state index in [1.165, 1.54) is 11.8 Å². The zero-order chi connectivity index (χ0) is 13.4. The maximum absolute atomic E-state index is 12.3. The van der Waals surface area contributed by atoms with Gasteiger partial charge < -0.3 is 15.2 Å². The first-order valence-corrected chi connectivity index (χ1v) is 7.98. The highest BCUT2D eigenvalue weighted by Crippen LogP contribution is 2.37. The molecule has 0 spiro atoms. The maximum atomic E-state index is 12.3. The number of aliphatic carboxylic acids is 1. The Hall–Kier alpha value is -0.750. The first-order chi connectivity index (χ1) is 9.13. The van der Waals surface area contributed by atoms with E-state index in [-0.39, 0.29) is 29.2 Å². The van der Waals surface area contributed by atoms with Crippen molar-refractivity contribution in [3.63, 3.8) is 0 Å². The fourth-order valence-corrected chi connectivity index (χ4v) is 4.50. The summed E-state index contributed by atoms with van der Waals surface area (Å²) in [7, 11) is 0. The van der Waals surface area contributed by atoms with E-state index < -0.39 is 5.97 Å². The summed E-state index contributed by atoms with van der Waals surface area (Å²) < 4.78 is 5.79. The molecule has 5 atom stereocenters. The van der Waals surface area contributed by atoms with Crippen molar-refractivity contribution in [3.8, 4) is 0 Å². The lowest BCUT2D eigenvalue weighted by Gasteiger charge is -2.29. The van der Waals surface area contributed by atoms with E-state index in [1.807, 2.05) is 0 Å². The van der Waals surface area contributed by atoms with E-state index in [0.717, 1.165) is 25.7 Å². The molecule has 0 unspecified atom stereocenters. The molecule has 0 aromatic carbocycles. The number of fused-ring (bicyclic) bond motifs is 2. The van der Waals surface area contributed by atoms with Gasteiger partial charge in [0.05, 0.1) is 18.1 Å². The molecule has 2 bridgehead atoms. The third-order valence-electron chi connectivity index (χ3n) is 4.34. The fraction of sp³-hybridized carbons (Fsp3) is 0.846. The third-order valence-corrected chi connectivity index (χ3v) is 5.74. The van der Waals surface area contributed by atoms with E-state index in [0.29, 0.717) is 18.3 Å². The molecule has 0 radical (unpaired) electrons. The number of thioether (sulfide) groups is 1. The van der Waals surface area contributed by atoms with Gasteiger partial charge in [-0.2, -0.15) is 0 Å². The number of ether oxygens (including phenoxy) is 1. The van der Waals surface area contributed by atoms with Gasteiger partial charge in [0.1, 0.15) is 5.25 Å². The first kappa shape index (κ1) is 13.2. The van der Waals surface area contributed by atoms with E-state index in [1.54, 1.807) is 0 Å². The van der Waals surface area contributed by atoms with Crippen molar-refractivity contribution in [2.24, 2.45) is 5.92 Å². The number of carbonyl (C=O) groups is 2. The van der Waals surface area contributed by atoms with Crippen LogP contribution in [0.25, 0.3) is 0 Å². The minimum Gasteiger partial charge on any atom is -0.480 e. The Morgan fingerprint density at radius 1 is 1.21 bits per heavy atom. The molecular weight excluding hydrogens is 266 g/mol. The lowest BCUT2D eigenvalue weighted by Crippen LogP contribution is -2.44. The van der Waals surface area contributed by atoms with Crippen LogP contribution in [-0.4, -0.2) is 46.2 Å². The molecule has 1 amide bonds. The average Bonchev–Trinajstić information content (AvgIpc) is 2.97.